The molecule has 1 nitrogen and oxygen atoms in total. The van der Waals surface area contributed by atoms with Crippen molar-refractivity contribution >= 4 is 5.69 Å². The highest BCUT2D eigenvalue weighted by molar-refractivity contribution is 5.55. The Bertz CT molecular complexity index is 576. The first-order valence-electron chi connectivity index (χ1n) is 7.86. The Morgan fingerprint density at radius 3 is 2.14 bits per heavy atom. The third kappa shape index (κ3) is 3.87. The van der Waals surface area contributed by atoms with Crippen LogP contribution in [0.1, 0.15) is 57.4 Å². The third-order valence-electron chi connectivity index (χ3n) is 4.00. The predicted molar refractivity (Wildman–Crippen MR) is 93.0 cm³/mol. The molecule has 0 saturated heterocycles. The summed E-state index contributed by atoms with van der Waals surface area (Å²) in [4.78, 5) is 0. The van der Waals surface area contributed by atoms with Crippen molar-refractivity contribution < 1.29 is 0 Å². The van der Waals surface area contributed by atoms with E-state index in [0.717, 1.165) is 6.42 Å². The van der Waals surface area contributed by atoms with E-state index in [2.05, 4.69) is 88.5 Å². The van der Waals surface area contributed by atoms with Gasteiger partial charge in [0.15, 0.2) is 0 Å². The van der Waals surface area contributed by atoms with Crippen LogP contribution in [0.3, 0.4) is 0 Å². The van der Waals surface area contributed by atoms with Gasteiger partial charge < -0.3 is 5.32 Å². The van der Waals surface area contributed by atoms with E-state index in [1.807, 2.05) is 0 Å². The second-order valence-corrected chi connectivity index (χ2v) is 6.76. The Kier molecular flexibility index (Phi) is 4.72. The molecule has 0 aromatic heterocycles. The van der Waals surface area contributed by atoms with Crippen LogP contribution in [0.4, 0.5) is 5.69 Å². The van der Waals surface area contributed by atoms with E-state index in [1.54, 1.807) is 0 Å². The predicted octanol–water partition coefficient (Wildman–Crippen LogP) is 5.72. The van der Waals surface area contributed by atoms with E-state index in [9.17, 15) is 0 Å². The first kappa shape index (κ1) is 15.6. The van der Waals surface area contributed by atoms with Gasteiger partial charge in [-0.2, -0.15) is 0 Å². The molecule has 0 saturated carbocycles. The molecular weight excluding hydrogens is 254 g/mol. The Hall–Kier alpha value is -1.76. The summed E-state index contributed by atoms with van der Waals surface area (Å²) in [6, 6.07) is 17.8. The van der Waals surface area contributed by atoms with Gasteiger partial charge >= 0.3 is 0 Å². The van der Waals surface area contributed by atoms with Crippen molar-refractivity contribution in [2.45, 2.75) is 52.5 Å². The number of hydrogen-bond donors (Lipinski definition) is 1. The van der Waals surface area contributed by atoms with Crippen LogP contribution in [0.5, 0.6) is 0 Å². The maximum Gasteiger partial charge on any atom is 0.0485 e. The van der Waals surface area contributed by atoms with E-state index >= 15 is 0 Å². The van der Waals surface area contributed by atoms with Crippen molar-refractivity contribution in [1.29, 1.82) is 0 Å². The number of rotatable bonds is 4. The lowest BCUT2D eigenvalue weighted by Crippen LogP contribution is -2.16. The van der Waals surface area contributed by atoms with Gasteiger partial charge in [-0.05, 0) is 41.5 Å². The molecule has 1 atom stereocenters. The van der Waals surface area contributed by atoms with Crippen LogP contribution >= 0.6 is 0 Å². The minimum absolute atomic E-state index is 0.148. The smallest absolute Gasteiger partial charge is 0.0485 e. The Labute approximate surface area is 129 Å². The second kappa shape index (κ2) is 6.34. The molecular formula is C20H27N. The number of para-hydroxylation sites is 1. The Morgan fingerprint density at radius 2 is 1.57 bits per heavy atom. The molecule has 21 heavy (non-hydrogen) atoms. The Balaban J connectivity index is 2.21. The average Bonchev–Trinajstić information content (AvgIpc) is 2.47. The van der Waals surface area contributed by atoms with E-state index in [1.165, 1.54) is 22.4 Å². The summed E-state index contributed by atoms with van der Waals surface area (Å²) in [5.74, 6) is 0. The van der Waals surface area contributed by atoms with Crippen LogP contribution < -0.4 is 5.32 Å². The maximum atomic E-state index is 3.67. The molecule has 0 bridgehead atoms. The molecule has 2 aromatic rings. The molecule has 0 aliphatic heterocycles. The van der Waals surface area contributed by atoms with E-state index in [0.29, 0.717) is 6.04 Å². The molecule has 0 spiro atoms. The minimum atomic E-state index is 0.148. The molecule has 112 valence electrons. The zero-order valence-electron chi connectivity index (χ0n) is 13.9. The highest BCUT2D eigenvalue weighted by Crippen LogP contribution is 2.31. The molecule has 0 heterocycles. The number of hydrogen-bond acceptors (Lipinski definition) is 1. The van der Waals surface area contributed by atoms with Gasteiger partial charge in [0.2, 0.25) is 0 Å². The van der Waals surface area contributed by atoms with Gasteiger partial charge in [-0.25, -0.2) is 0 Å². The van der Waals surface area contributed by atoms with Crippen LogP contribution in [0.2, 0.25) is 0 Å². The molecule has 1 unspecified atom stereocenters. The molecule has 2 aromatic carbocycles. The molecule has 0 aliphatic carbocycles. The topological polar surface area (TPSA) is 12.0 Å². The summed E-state index contributed by atoms with van der Waals surface area (Å²) in [6.45, 7) is 11.2. The maximum absolute atomic E-state index is 3.67. The van der Waals surface area contributed by atoms with Crippen molar-refractivity contribution in [2.75, 3.05) is 5.32 Å². The van der Waals surface area contributed by atoms with Crippen molar-refractivity contribution in [1.82, 2.24) is 0 Å². The molecule has 0 amide bonds. The van der Waals surface area contributed by atoms with E-state index in [-0.39, 0.29) is 5.41 Å². The summed E-state index contributed by atoms with van der Waals surface area (Å²) in [5.41, 5.74) is 5.46. The summed E-state index contributed by atoms with van der Waals surface area (Å²) in [6.07, 6.45) is 1.09. The van der Waals surface area contributed by atoms with Crippen molar-refractivity contribution in [2.24, 2.45) is 0 Å². The summed E-state index contributed by atoms with van der Waals surface area (Å²) in [7, 11) is 0. The van der Waals surface area contributed by atoms with Crippen molar-refractivity contribution in [3.8, 4) is 0 Å². The third-order valence-corrected chi connectivity index (χ3v) is 4.00. The van der Waals surface area contributed by atoms with Gasteiger partial charge in [-0.1, -0.05) is 70.2 Å². The highest BCUT2D eigenvalue weighted by Gasteiger charge is 2.18. The van der Waals surface area contributed by atoms with Crippen molar-refractivity contribution in [3.63, 3.8) is 0 Å². The number of anilines is 1. The van der Waals surface area contributed by atoms with Gasteiger partial charge in [0.25, 0.3) is 0 Å². The fourth-order valence-corrected chi connectivity index (χ4v) is 2.62. The largest absolute Gasteiger partial charge is 0.378 e. The van der Waals surface area contributed by atoms with Gasteiger partial charge in [-0.3, -0.25) is 0 Å². The molecule has 0 aliphatic rings. The van der Waals surface area contributed by atoms with E-state index in [4.69, 9.17) is 0 Å². The second-order valence-electron chi connectivity index (χ2n) is 6.76. The fourth-order valence-electron chi connectivity index (χ4n) is 2.62. The minimum Gasteiger partial charge on any atom is -0.378 e. The quantitative estimate of drug-likeness (QED) is 0.755. The monoisotopic (exact) mass is 281 g/mol. The number of aryl methyl sites for hydroxylation is 1. The molecule has 0 fully saturated rings. The van der Waals surface area contributed by atoms with Gasteiger partial charge in [0.1, 0.15) is 0 Å². The first-order valence-corrected chi connectivity index (χ1v) is 7.86. The summed E-state index contributed by atoms with van der Waals surface area (Å²) >= 11 is 0. The standard InChI is InChI=1S/C20H27N/c1-6-16-11-13-17(14-12-16)15(2)21-19-10-8-7-9-18(19)20(3,4)5/h7-15,21H,6H2,1-5H3. The van der Waals surface area contributed by atoms with Gasteiger partial charge in [0, 0.05) is 11.7 Å². The van der Waals surface area contributed by atoms with Gasteiger partial charge in [-0.15, -0.1) is 0 Å². The summed E-state index contributed by atoms with van der Waals surface area (Å²) < 4.78 is 0. The van der Waals surface area contributed by atoms with Crippen LogP contribution in [0.15, 0.2) is 48.5 Å². The molecule has 2 rings (SSSR count). The van der Waals surface area contributed by atoms with Crippen LogP contribution in [0.25, 0.3) is 0 Å². The SMILES string of the molecule is CCc1ccc(C(C)Nc2ccccc2C(C)(C)C)cc1. The molecule has 0 radical (unpaired) electrons. The van der Waals surface area contributed by atoms with Crippen molar-refractivity contribution in [3.05, 3.63) is 65.2 Å². The van der Waals surface area contributed by atoms with Crippen LogP contribution in [-0.2, 0) is 11.8 Å². The number of nitrogens with one attached hydrogen (secondary N) is 1. The average molecular weight is 281 g/mol. The highest BCUT2D eigenvalue weighted by atomic mass is 14.9. The van der Waals surface area contributed by atoms with Crippen LogP contribution in [0, 0.1) is 0 Å². The zero-order chi connectivity index (χ0) is 15.5. The lowest BCUT2D eigenvalue weighted by molar-refractivity contribution is 0.590. The summed E-state index contributed by atoms with van der Waals surface area (Å²) in [5, 5.41) is 3.67. The van der Waals surface area contributed by atoms with E-state index < -0.39 is 0 Å². The fraction of sp³-hybridized carbons (Fsp3) is 0.400. The molecule has 1 heteroatoms. The Morgan fingerprint density at radius 1 is 0.952 bits per heavy atom. The number of benzene rings is 2. The zero-order valence-corrected chi connectivity index (χ0v) is 13.9. The first-order chi connectivity index (χ1) is 9.91. The lowest BCUT2D eigenvalue weighted by atomic mass is 9.85. The molecule has 1 N–H and O–H groups in total. The van der Waals surface area contributed by atoms with Crippen LogP contribution in [-0.4, -0.2) is 0 Å². The van der Waals surface area contributed by atoms with Gasteiger partial charge in [0.05, 0.1) is 0 Å². The lowest BCUT2D eigenvalue weighted by Gasteiger charge is -2.26. The normalized spacial score (nSPS) is 13.0.